The minimum Gasteiger partial charge on any atom is -0.463 e. The summed E-state index contributed by atoms with van der Waals surface area (Å²) in [7, 11) is 0. The van der Waals surface area contributed by atoms with E-state index < -0.39 is 5.54 Å². The molecule has 0 saturated heterocycles. The molecule has 1 aromatic carbocycles. The van der Waals surface area contributed by atoms with Gasteiger partial charge in [-0.1, -0.05) is 49.4 Å². The van der Waals surface area contributed by atoms with Crippen LogP contribution < -0.4 is 5.32 Å². The second-order valence-corrected chi connectivity index (χ2v) is 10.1. The third-order valence-corrected chi connectivity index (χ3v) is 7.42. The van der Waals surface area contributed by atoms with E-state index in [2.05, 4.69) is 5.32 Å². The molecule has 3 heterocycles. The maximum absolute atomic E-state index is 13.9. The molecule has 178 valence electrons. The molecule has 0 bridgehead atoms. The van der Waals surface area contributed by atoms with E-state index >= 15 is 0 Å². The zero-order valence-corrected chi connectivity index (χ0v) is 20.2. The maximum Gasteiger partial charge on any atom is 0.271 e. The van der Waals surface area contributed by atoms with Gasteiger partial charge in [-0.3, -0.25) is 9.59 Å². The van der Waals surface area contributed by atoms with Crippen molar-refractivity contribution >= 4 is 23.4 Å². The van der Waals surface area contributed by atoms with Gasteiger partial charge in [-0.15, -0.1) is 0 Å². The largest absolute Gasteiger partial charge is 0.463 e. The standard InChI is InChI=1S/C27H30ClN3O3/c1-27(26(33)29-21-10-4-2-3-5-11-21)18-30-22(24-12-7-15-34-24)13-14-23(30)25(32)31(27)17-19-8-6-9-20(28)16-19/h6-9,12-16,21H,2-5,10-11,17-18H2,1H3,(H,29,33)/t27-/m1/s1. The molecule has 7 heteroatoms. The summed E-state index contributed by atoms with van der Waals surface area (Å²) >= 11 is 6.22. The minimum atomic E-state index is -1.07. The fraction of sp³-hybridized carbons (Fsp3) is 0.407. The Morgan fingerprint density at radius 1 is 1.09 bits per heavy atom. The molecule has 0 radical (unpaired) electrons. The Morgan fingerprint density at radius 3 is 2.56 bits per heavy atom. The third kappa shape index (κ3) is 4.27. The number of fused-ring (bicyclic) bond motifs is 1. The average molecular weight is 480 g/mol. The van der Waals surface area contributed by atoms with Gasteiger partial charge >= 0.3 is 0 Å². The van der Waals surface area contributed by atoms with E-state index in [1.54, 1.807) is 11.2 Å². The molecule has 0 unspecified atom stereocenters. The summed E-state index contributed by atoms with van der Waals surface area (Å²) in [4.78, 5) is 29.4. The van der Waals surface area contributed by atoms with Crippen LogP contribution in [0.25, 0.3) is 11.5 Å². The molecule has 2 aromatic heterocycles. The van der Waals surface area contributed by atoms with E-state index in [0.717, 1.165) is 36.9 Å². The van der Waals surface area contributed by atoms with Gasteiger partial charge in [0.1, 0.15) is 17.0 Å². The Labute approximate surface area is 204 Å². The number of halogens is 1. The minimum absolute atomic E-state index is 0.112. The maximum atomic E-state index is 13.9. The van der Waals surface area contributed by atoms with Gasteiger partial charge in [0.15, 0.2) is 0 Å². The molecule has 1 aliphatic heterocycles. The van der Waals surface area contributed by atoms with E-state index in [1.807, 2.05) is 60.0 Å². The number of nitrogens with zero attached hydrogens (tertiary/aromatic N) is 2. The zero-order valence-electron chi connectivity index (χ0n) is 19.4. The molecule has 2 amide bonds. The van der Waals surface area contributed by atoms with Crippen LogP contribution in [0.15, 0.2) is 59.2 Å². The van der Waals surface area contributed by atoms with Crippen LogP contribution in [0.1, 0.15) is 61.5 Å². The van der Waals surface area contributed by atoms with Crippen molar-refractivity contribution in [1.29, 1.82) is 0 Å². The van der Waals surface area contributed by atoms with Gasteiger partial charge in [0.2, 0.25) is 5.91 Å². The van der Waals surface area contributed by atoms with Crippen LogP contribution in [0.2, 0.25) is 5.02 Å². The molecule has 1 fully saturated rings. The fourth-order valence-electron chi connectivity index (χ4n) is 5.24. The quantitative estimate of drug-likeness (QED) is 0.480. The highest BCUT2D eigenvalue weighted by molar-refractivity contribution is 6.30. The second kappa shape index (κ2) is 9.34. The topological polar surface area (TPSA) is 67.5 Å². The number of furan rings is 1. The smallest absolute Gasteiger partial charge is 0.271 e. The van der Waals surface area contributed by atoms with Gasteiger partial charge < -0.3 is 19.2 Å². The first-order valence-corrected chi connectivity index (χ1v) is 12.4. The van der Waals surface area contributed by atoms with Crippen molar-refractivity contribution in [1.82, 2.24) is 14.8 Å². The number of carbonyl (C=O) groups excluding carboxylic acids is 2. The Hall–Kier alpha value is -2.99. The van der Waals surface area contributed by atoms with Crippen LogP contribution in [-0.4, -0.2) is 32.9 Å². The lowest BCUT2D eigenvalue weighted by atomic mass is 9.92. The average Bonchev–Trinajstić information content (AvgIpc) is 3.41. The van der Waals surface area contributed by atoms with Crippen molar-refractivity contribution in [3.8, 4) is 11.5 Å². The van der Waals surface area contributed by atoms with Crippen LogP contribution >= 0.6 is 11.6 Å². The number of rotatable bonds is 5. The number of aromatic nitrogens is 1. The molecule has 0 spiro atoms. The predicted molar refractivity (Wildman–Crippen MR) is 131 cm³/mol. The van der Waals surface area contributed by atoms with Crippen molar-refractivity contribution in [3.05, 3.63) is 71.1 Å². The molecule has 1 saturated carbocycles. The number of benzene rings is 1. The van der Waals surface area contributed by atoms with Crippen LogP contribution in [-0.2, 0) is 17.9 Å². The molecule has 3 aromatic rings. The van der Waals surface area contributed by atoms with Crippen molar-refractivity contribution < 1.29 is 14.0 Å². The Morgan fingerprint density at radius 2 is 1.85 bits per heavy atom. The van der Waals surface area contributed by atoms with Gasteiger partial charge in [0.05, 0.1) is 18.5 Å². The lowest BCUT2D eigenvalue weighted by molar-refractivity contribution is -0.134. The van der Waals surface area contributed by atoms with Gasteiger partial charge in [0.25, 0.3) is 5.91 Å². The zero-order chi connectivity index (χ0) is 23.7. The summed E-state index contributed by atoms with van der Waals surface area (Å²) in [5.74, 6) is 0.385. The van der Waals surface area contributed by atoms with E-state index in [1.165, 1.54) is 12.8 Å². The van der Waals surface area contributed by atoms with Crippen LogP contribution in [0.4, 0.5) is 0 Å². The molecule has 1 N–H and O–H groups in total. The van der Waals surface area contributed by atoms with Gasteiger partial charge in [0, 0.05) is 17.6 Å². The Kier molecular flexibility index (Phi) is 6.26. The lowest BCUT2D eigenvalue weighted by Gasteiger charge is -2.45. The summed E-state index contributed by atoms with van der Waals surface area (Å²) in [6.45, 7) is 2.52. The SMILES string of the molecule is C[C@]1(C(=O)NC2CCCCCC2)Cn2c(ccc2-c2ccco2)C(=O)N1Cc1cccc(Cl)c1. The fourth-order valence-corrected chi connectivity index (χ4v) is 5.46. The first-order chi connectivity index (χ1) is 16.5. The van der Waals surface area contributed by atoms with Crippen molar-refractivity contribution in [3.63, 3.8) is 0 Å². The monoisotopic (exact) mass is 479 g/mol. The molecule has 5 rings (SSSR count). The molecule has 6 nitrogen and oxygen atoms in total. The van der Waals surface area contributed by atoms with E-state index in [0.29, 0.717) is 29.6 Å². The third-order valence-electron chi connectivity index (χ3n) is 7.19. The van der Waals surface area contributed by atoms with Gasteiger partial charge in [-0.05, 0) is 61.7 Å². The summed E-state index contributed by atoms with van der Waals surface area (Å²) in [5, 5.41) is 3.90. The number of carbonyl (C=O) groups is 2. The molecular formula is C27H30ClN3O3. The molecular weight excluding hydrogens is 450 g/mol. The second-order valence-electron chi connectivity index (χ2n) is 9.62. The Balaban J connectivity index is 1.52. The molecule has 2 aliphatic rings. The summed E-state index contributed by atoms with van der Waals surface area (Å²) in [6.07, 6.45) is 8.25. The normalized spacial score (nSPS) is 21.2. The van der Waals surface area contributed by atoms with E-state index in [-0.39, 0.29) is 17.9 Å². The van der Waals surface area contributed by atoms with Gasteiger partial charge in [-0.2, -0.15) is 0 Å². The summed E-state index contributed by atoms with van der Waals surface area (Å²) < 4.78 is 7.54. The molecule has 1 aliphatic carbocycles. The van der Waals surface area contributed by atoms with Crippen molar-refractivity contribution in [2.45, 2.75) is 70.1 Å². The number of hydrogen-bond acceptors (Lipinski definition) is 3. The summed E-state index contributed by atoms with van der Waals surface area (Å²) in [5.41, 5.74) is 1.16. The van der Waals surface area contributed by atoms with Gasteiger partial charge in [-0.25, -0.2) is 0 Å². The highest BCUT2D eigenvalue weighted by atomic mass is 35.5. The molecule has 34 heavy (non-hydrogen) atoms. The van der Waals surface area contributed by atoms with Crippen LogP contribution in [0, 0.1) is 0 Å². The van der Waals surface area contributed by atoms with E-state index in [9.17, 15) is 9.59 Å². The predicted octanol–water partition coefficient (Wildman–Crippen LogP) is 5.66. The van der Waals surface area contributed by atoms with Crippen molar-refractivity contribution in [2.75, 3.05) is 0 Å². The van der Waals surface area contributed by atoms with Crippen LogP contribution in [0.5, 0.6) is 0 Å². The number of amides is 2. The highest BCUT2D eigenvalue weighted by Gasteiger charge is 2.48. The first kappa shape index (κ1) is 22.8. The van der Waals surface area contributed by atoms with Crippen LogP contribution in [0.3, 0.4) is 0 Å². The highest BCUT2D eigenvalue weighted by Crippen LogP contribution is 2.35. The van der Waals surface area contributed by atoms with Crippen molar-refractivity contribution in [2.24, 2.45) is 0 Å². The molecule has 1 atom stereocenters. The first-order valence-electron chi connectivity index (χ1n) is 12.1. The number of nitrogens with one attached hydrogen (secondary N) is 1. The van der Waals surface area contributed by atoms with E-state index in [4.69, 9.17) is 16.0 Å². The lowest BCUT2D eigenvalue weighted by Crippen LogP contribution is -2.64. The Bertz CT molecular complexity index is 1180. The number of hydrogen-bond donors (Lipinski definition) is 1. The summed E-state index contributed by atoms with van der Waals surface area (Å²) in [6, 6.07) is 15.0.